The molecule has 5 heteroatoms. The summed E-state index contributed by atoms with van der Waals surface area (Å²) in [7, 11) is 0. The maximum Gasteiger partial charge on any atom is 0.416 e. The molecule has 3 rings (SSSR count). The molecule has 128 valence electrons. The smallest absolute Gasteiger partial charge is 0.416 e. The number of pyridine rings is 1. The van der Waals surface area contributed by atoms with E-state index in [4.69, 9.17) is 4.74 Å². The van der Waals surface area contributed by atoms with Gasteiger partial charge < -0.3 is 9.84 Å². The van der Waals surface area contributed by atoms with E-state index in [1.807, 2.05) is 38.1 Å². The lowest BCUT2D eigenvalue weighted by molar-refractivity contribution is 0.197. The van der Waals surface area contributed by atoms with Gasteiger partial charge >= 0.3 is 6.09 Å². The van der Waals surface area contributed by atoms with E-state index in [9.17, 15) is 14.7 Å². The molecule has 5 nitrogen and oxygen atoms in total. The lowest BCUT2D eigenvalue weighted by atomic mass is 10.0. The third-order valence-corrected chi connectivity index (χ3v) is 4.07. The molecule has 0 aliphatic rings. The highest BCUT2D eigenvalue weighted by molar-refractivity contribution is 5.88. The first kappa shape index (κ1) is 16.8. The van der Waals surface area contributed by atoms with Crippen LogP contribution in [0.5, 0.6) is 5.75 Å². The van der Waals surface area contributed by atoms with Gasteiger partial charge in [0.05, 0.1) is 12.1 Å². The van der Waals surface area contributed by atoms with Crippen LogP contribution in [-0.2, 0) is 6.42 Å². The summed E-state index contributed by atoms with van der Waals surface area (Å²) in [6.07, 6.45) is 0.670. The van der Waals surface area contributed by atoms with E-state index in [-0.39, 0.29) is 5.43 Å². The summed E-state index contributed by atoms with van der Waals surface area (Å²) in [5.74, 6) is 0.767. The van der Waals surface area contributed by atoms with Gasteiger partial charge in [0, 0.05) is 23.6 Å². The van der Waals surface area contributed by atoms with Crippen molar-refractivity contribution in [1.29, 1.82) is 0 Å². The molecule has 0 saturated carbocycles. The summed E-state index contributed by atoms with van der Waals surface area (Å²) in [6.45, 7) is 4.38. The Hall–Kier alpha value is -3.08. The van der Waals surface area contributed by atoms with Gasteiger partial charge in [0.1, 0.15) is 5.75 Å². The van der Waals surface area contributed by atoms with E-state index >= 15 is 0 Å². The topological polar surface area (TPSA) is 68.5 Å². The van der Waals surface area contributed by atoms with Crippen molar-refractivity contribution in [2.24, 2.45) is 0 Å². The second-order valence-corrected chi connectivity index (χ2v) is 5.91. The van der Waals surface area contributed by atoms with Crippen LogP contribution in [0.4, 0.5) is 4.79 Å². The highest BCUT2D eigenvalue weighted by Gasteiger charge is 2.13. The molecule has 0 fully saturated rings. The molecule has 0 atom stereocenters. The predicted octanol–water partition coefficient (Wildman–Crippen LogP) is 3.83. The number of hydrogen-bond donors (Lipinski definition) is 1. The average Bonchev–Trinajstić information content (AvgIpc) is 2.59. The Bertz CT molecular complexity index is 987. The van der Waals surface area contributed by atoms with Crippen molar-refractivity contribution in [2.45, 2.75) is 20.3 Å². The SMILES string of the molecule is CCOc1ccc(Cc2cn(C(=O)O)c3ccc(C)cc3c2=O)cc1. The Morgan fingerprint density at radius 1 is 1.16 bits per heavy atom. The lowest BCUT2D eigenvalue weighted by Gasteiger charge is -2.10. The van der Waals surface area contributed by atoms with E-state index in [2.05, 4.69) is 0 Å². The molecule has 0 amide bonds. The minimum Gasteiger partial charge on any atom is -0.494 e. The summed E-state index contributed by atoms with van der Waals surface area (Å²) < 4.78 is 6.52. The molecule has 2 aromatic carbocycles. The zero-order valence-corrected chi connectivity index (χ0v) is 14.2. The monoisotopic (exact) mass is 337 g/mol. The summed E-state index contributed by atoms with van der Waals surface area (Å²) >= 11 is 0. The Balaban J connectivity index is 2.08. The van der Waals surface area contributed by atoms with Gasteiger partial charge in [-0.2, -0.15) is 0 Å². The summed E-state index contributed by atoms with van der Waals surface area (Å²) in [5, 5.41) is 9.90. The van der Waals surface area contributed by atoms with Crippen LogP contribution in [0.3, 0.4) is 0 Å². The first-order valence-electron chi connectivity index (χ1n) is 8.09. The molecule has 25 heavy (non-hydrogen) atoms. The first-order chi connectivity index (χ1) is 12.0. The van der Waals surface area contributed by atoms with Gasteiger partial charge in [0.2, 0.25) is 0 Å². The molecule has 1 heterocycles. The normalized spacial score (nSPS) is 10.8. The number of hydrogen-bond acceptors (Lipinski definition) is 3. The highest BCUT2D eigenvalue weighted by Crippen LogP contribution is 2.18. The van der Waals surface area contributed by atoms with Gasteiger partial charge in [0.25, 0.3) is 0 Å². The van der Waals surface area contributed by atoms with E-state index in [1.165, 1.54) is 6.20 Å². The van der Waals surface area contributed by atoms with Gasteiger partial charge in [-0.1, -0.05) is 23.8 Å². The van der Waals surface area contributed by atoms with Crippen LogP contribution in [-0.4, -0.2) is 22.4 Å². The highest BCUT2D eigenvalue weighted by atomic mass is 16.5. The molecule has 0 aliphatic carbocycles. The minimum atomic E-state index is -1.11. The Kier molecular flexibility index (Phi) is 4.57. The fraction of sp³-hybridized carbons (Fsp3) is 0.200. The summed E-state index contributed by atoms with van der Waals surface area (Å²) in [4.78, 5) is 24.4. The summed E-state index contributed by atoms with van der Waals surface area (Å²) in [6, 6.07) is 12.7. The minimum absolute atomic E-state index is 0.134. The second kappa shape index (κ2) is 6.81. The fourth-order valence-corrected chi connectivity index (χ4v) is 2.87. The number of nitrogens with zero attached hydrogens (tertiary/aromatic N) is 1. The van der Waals surface area contributed by atoms with Crippen LogP contribution >= 0.6 is 0 Å². The third-order valence-electron chi connectivity index (χ3n) is 4.07. The van der Waals surface area contributed by atoms with Crippen LogP contribution in [0.25, 0.3) is 10.9 Å². The van der Waals surface area contributed by atoms with Crippen LogP contribution in [0.2, 0.25) is 0 Å². The molecule has 0 bridgehead atoms. The van der Waals surface area contributed by atoms with Gasteiger partial charge in [-0.3, -0.25) is 9.36 Å². The molecule has 0 aliphatic heterocycles. The Labute approximate surface area is 145 Å². The molecule has 3 aromatic rings. The van der Waals surface area contributed by atoms with Crippen LogP contribution in [0.15, 0.2) is 53.5 Å². The van der Waals surface area contributed by atoms with E-state index in [0.29, 0.717) is 29.5 Å². The van der Waals surface area contributed by atoms with E-state index in [0.717, 1.165) is 21.4 Å². The average molecular weight is 337 g/mol. The van der Waals surface area contributed by atoms with Crippen molar-refractivity contribution in [3.8, 4) is 5.75 Å². The lowest BCUT2D eigenvalue weighted by Crippen LogP contribution is -2.19. The van der Waals surface area contributed by atoms with E-state index in [1.54, 1.807) is 18.2 Å². The number of aromatic nitrogens is 1. The number of fused-ring (bicyclic) bond motifs is 1. The maximum absolute atomic E-state index is 12.8. The zero-order chi connectivity index (χ0) is 18.0. The number of carboxylic acid groups (broad SMARTS) is 1. The number of aryl methyl sites for hydroxylation is 1. The van der Waals surface area contributed by atoms with Crippen LogP contribution < -0.4 is 10.2 Å². The van der Waals surface area contributed by atoms with E-state index < -0.39 is 6.09 Å². The number of carbonyl (C=O) groups is 1. The largest absolute Gasteiger partial charge is 0.494 e. The van der Waals surface area contributed by atoms with Crippen molar-refractivity contribution in [1.82, 2.24) is 4.57 Å². The standard InChI is InChI=1S/C20H19NO4/c1-3-25-16-7-5-14(6-8-16)11-15-12-21(20(23)24)18-9-4-13(2)10-17(18)19(15)22/h4-10,12H,3,11H2,1-2H3,(H,23,24). The number of benzene rings is 2. The third kappa shape index (κ3) is 3.40. The summed E-state index contributed by atoms with van der Waals surface area (Å²) in [5.41, 5.74) is 2.55. The van der Waals surface area contributed by atoms with Crippen LogP contribution in [0.1, 0.15) is 23.6 Å². The van der Waals surface area contributed by atoms with Gasteiger partial charge in [0.15, 0.2) is 5.43 Å². The quantitative estimate of drug-likeness (QED) is 0.786. The first-order valence-corrected chi connectivity index (χ1v) is 8.09. The molecular weight excluding hydrogens is 318 g/mol. The molecule has 1 N–H and O–H groups in total. The van der Waals surface area contributed by atoms with Crippen LogP contribution in [0, 0.1) is 6.92 Å². The van der Waals surface area contributed by atoms with Crippen molar-refractivity contribution in [3.05, 3.63) is 75.6 Å². The van der Waals surface area contributed by atoms with Gasteiger partial charge in [-0.05, 0) is 43.7 Å². The Morgan fingerprint density at radius 2 is 1.88 bits per heavy atom. The zero-order valence-electron chi connectivity index (χ0n) is 14.2. The molecule has 0 spiro atoms. The maximum atomic E-state index is 12.8. The molecule has 1 aromatic heterocycles. The fourth-order valence-electron chi connectivity index (χ4n) is 2.87. The number of rotatable bonds is 4. The molecule has 0 saturated heterocycles. The van der Waals surface area contributed by atoms with Crippen molar-refractivity contribution in [3.63, 3.8) is 0 Å². The predicted molar refractivity (Wildman–Crippen MR) is 96.8 cm³/mol. The second-order valence-electron chi connectivity index (χ2n) is 5.91. The van der Waals surface area contributed by atoms with Gasteiger partial charge in [-0.15, -0.1) is 0 Å². The molecule has 0 radical (unpaired) electrons. The molecule has 0 unspecified atom stereocenters. The Morgan fingerprint density at radius 3 is 2.52 bits per heavy atom. The molecular formula is C20H19NO4. The van der Waals surface area contributed by atoms with Crippen molar-refractivity contribution < 1.29 is 14.6 Å². The van der Waals surface area contributed by atoms with Crippen molar-refractivity contribution in [2.75, 3.05) is 6.61 Å². The van der Waals surface area contributed by atoms with Gasteiger partial charge in [-0.25, -0.2) is 4.79 Å². The van der Waals surface area contributed by atoms with Crippen molar-refractivity contribution >= 4 is 17.0 Å². The number of ether oxygens (including phenoxy) is 1.